The van der Waals surface area contributed by atoms with Crippen molar-refractivity contribution in [3.63, 3.8) is 0 Å². The minimum Gasteiger partial charge on any atom is -1.00 e. The lowest BCUT2D eigenvalue weighted by molar-refractivity contribution is -0.890. The van der Waals surface area contributed by atoms with Crippen LogP contribution >= 0.6 is 0 Å². The Morgan fingerprint density at radius 2 is 0.348 bits per heavy atom. The van der Waals surface area contributed by atoms with Gasteiger partial charge in [-0.15, -0.1) is 0 Å². The number of unbranched alkanes of at least 4 members (excludes halogenated alkanes) is 36. The van der Waals surface area contributed by atoms with Gasteiger partial charge in [0.15, 0.2) is 0 Å². The molecule has 0 aromatic rings. The van der Waals surface area contributed by atoms with Crippen LogP contribution in [0.25, 0.3) is 0 Å². The summed E-state index contributed by atoms with van der Waals surface area (Å²) in [4.78, 5) is 0. The third kappa shape index (κ3) is 42.3. The molecule has 0 spiro atoms. The molecule has 0 fully saturated rings. The van der Waals surface area contributed by atoms with Crippen LogP contribution in [0.2, 0.25) is 0 Å². The minimum absolute atomic E-state index is 0. The number of quaternary nitrogens is 1. The summed E-state index contributed by atoms with van der Waals surface area (Å²) in [7, 11) is 4.95. The van der Waals surface area contributed by atoms with Crippen molar-refractivity contribution in [2.24, 2.45) is 0 Å². The maximum absolute atomic E-state index is 2.48. The topological polar surface area (TPSA) is 0 Å². The van der Waals surface area contributed by atoms with Gasteiger partial charge in [0.2, 0.25) is 0 Å². The van der Waals surface area contributed by atoms with Crippen molar-refractivity contribution in [2.75, 3.05) is 27.2 Å². The average Bonchev–Trinajstić information content (AvgIpc) is 3.03. The molecule has 0 N–H and O–H groups in total. The lowest BCUT2D eigenvalue weighted by Gasteiger charge is -2.30. The molecule has 0 heterocycles. The van der Waals surface area contributed by atoms with Crippen LogP contribution in [0.3, 0.4) is 0 Å². The zero-order valence-electron chi connectivity index (χ0n) is 33.1. The molecule has 280 valence electrons. The number of halogens is 1. The highest BCUT2D eigenvalue weighted by Gasteiger charge is 2.13. The predicted octanol–water partition coefficient (Wildman–Crippen LogP) is 12.9. The summed E-state index contributed by atoms with van der Waals surface area (Å²) in [6, 6.07) is 0. The summed E-state index contributed by atoms with van der Waals surface area (Å²) >= 11 is 0. The van der Waals surface area contributed by atoms with Gasteiger partial charge >= 0.3 is 0 Å². The maximum atomic E-state index is 2.48. The van der Waals surface area contributed by atoms with Gasteiger partial charge in [-0.1, -0.05) is 232 Å². The molecule has 2 heteroatoms. The summed E-state index contributed by atoms with van der Waals surface area (Å²) < 4.78 is 1.25. The van der Waals surface area contributed by atoms with E-state index in [0.29, 0.717) is 0 Å². The Morgan fingerprint density at radius 3 is 0.500 bits per heavy atom. The van der Waals surface area contributed by atoms with Gasteiger partial charge in [-0.25, -0.2) is 0 Å². The van der Waals surface area contributed by atoms with Crippen LogP contribution in [0.15, 0.2) is 0 Å². The van der Waals surface area contributed by atoms with Crippen LogP contribution in [0.1, 0.15) is 258 Å². The van der Waals surface area contributed by atoms with Crippen molar-refractivity contribution in [1.29, 1.82) is 0 Å². The SMILES string of the molecule is CCCCCCCCCCCCCCCCCCCCC[N+](C)(C)CCCCCCCCCCCCCCCCCCCCC.[Cl-]. The highest BCUT2D eigenvalue weighted by molar-refractivity contribution is 4.53. The summed E-state index contributed by atoms with van der Waals surface area (Å²) in [5, 5.41) is 0. The molecular weight excluding hydrogens is 578 g/mol. The number of rotatable bonds is 40. The first-order chi connectivity index (χ1) is 22.1. The Bertz CT molecular complexity index is 474. The van der Waals surface area contributed by atoms with E-state index >= 15 is 0 Å². The number of hydrogen-bond donors (Lipinski definition) is 0. The molecule has 0 aliphatic carbocycles. The van der Waals surface area contributed by atoms with Crippen molar-refractivity contribution in [1.82, 2.24) is 0 Å². The number of hydrogen-bond acceptors (Lipinski definition) is 0. The molecule has 0 saturated carbocycles. The Morgan fingerprint density at radius 1 is 0.217 bits per heavy atom. The molecule has 0 aliphatic rings. The first-order valence-corrected chi connectivity index (χ1v) is 21.9. The van der Waals surface area contributed by atoms with E-state index in [-0.39, 0.29) is 12.4 Å². The molecule has 0 aromatic carbocycles. The zero-order chi connectivity index (χ0) is 32.8. The van der Waals surface area contributed by atoms with Crippen LogP contribution < -0.4 is 12.4 Å². The molecule has 46 heavy (non-hydrogen) atoms. The fourth-order valence-corrected chi connectivity index (χ4v) is 7.35. The van der Waals surface area contributed by atoms with E-state index in [1.54, 1.807) is 0 Å². The smallest absolute Gasteiger partial charge is 0.0782 e. The molecule has 0 radical (unpaired) electrons. The summed E-state index contributed by atoms with van der Waals surface area (Å²) in [5.74, 6) is 0. The summed E-state index contributed by atoms with van der Waals surface area (Å²) in [6.45, 7) is 7.40. The molecular formula is C44H92ClN. The van der Waals surface area contributed by atoms with E-state index in [9.17, 15) is 0 Å². The highest BCUT2D eigenvalue weighted by atomic mass is 35.5. The fourth-order valence-electron chi connectivity index (χ4n) is 7.35. The minimum atomic E-state index is 0. The second-order valence-electron chi connectivity index (χ2n) is 16.1. The molecule has 0 rings (SSSR count). The molecule has 0 aromatic heterocycles. The normalized spacial score (nSPS) is 11.7. The van der Waals surface area contributed by atoms with Crippen molar-refractivity contribution in [3.8, 4) is 0 Å². The molecule has 0 atom stereocenters. The van der Waals surface area contributed by atoms with Gasteiger partial charge in [0.1, 0.15) is 0 Å². The van der Waals surface area contributed by atoms with Gasteiger partial charge in [-0.2, -0.15) is 0 Å². The van der Waals surface area contributed by atoms with E-state index in [0.717, 1.165) is 0 Å². The van der Waals surface area contributed by atoms with E-state index in [1.807, 2.05) is 0 Å². The van der Waals surface area contributed by atoms with E-state index < -0.39 is 0 Å². The third-order valence-electron chi connectivity index (χ3n) is 10.7. The van der Waals surface area contributed by atoms with Crippen molar-refractivity contribution in [3.05, 3.63) is 0 Å². The van der Waals surface area contributed by atoms with Crippen LogP contribution in [0.5, 0.6) is 0 Å². The first kappa shape index (κ1) is 48.4. The fraction of sp³-hybridized carbons (Fsp3) is 1.00. The standard InChI is InChI=1S/C44H92N.ClH/c1-5-7-9-11-13-15-17-19-21-23-25-27-29-31-33-35-37-39-41-43-45(3,4)44-42-40-38-36-34-32-30-28-26-24-22-20-18-16-14-12-10-8-6-2;/h5-44H2,1-4H3;1H/q+1;/p-1. The predicted molar refractivity (Wildman–Crippen MR) is 209 cm³/mol. The van der Waals surface area contributed by atoms with Crippen molar-refractivity contribution >= 4 is 0 Å². The second kappa shape index (κ2) is 41.4. The molecule has 0 amide bonds. The largest absolute Gasteiger partial charge is 1.00 e. The van der Waals surface area contributed by atoms with E-state index in [2.05, 4.69) is 27.9 Å². The zero-order valence-corrected chi connectivity index (χ0v) is 33.9. The molecule has 1 nitrogen and oxygen atoms in total. The Balaban J connectivity index is 0. The van der Waals surface area contributed by atoms with Crippen molar-refractivity contribution < 1.29 is 16.9 Å². The van der Waals surface area contributed by atoms with E-state index in [4.69, 9.17) is 0 Å². The first-order valence-electron chi connectivity index (χ1n) is 21.9. The Labute approximate surface area is 301 Å². The Hall–Kier alpha value is 0.250. The lowest BCUT2D eigenvalue weighted by Crippen LogP contribution is -3.00. The molecule has 0 bridgehead atoms. The average molecular weight is 671 g/mol. The van der Waals surface area contributed by atoms with Crippen LogP contribution in [-0.2, 0) is 0 Å². The Kier molecular flexibility index (Phi) is 43.5. The molecule has 0 unspecified atom stereocenters. The van der Waals surface area contributed by atoms with Gasteiger partial charge in [0.25, 0.3) is 0 Å². The summed E-state index contributed by atoms with van der Waals surface area (Å²) in [6.07, 6.45) is 55.9. The van der Waals surface area contributed by atoms with Gasteiger partial charge in [-0.3, -0.25) is 0 Å². The van der Waals surface area contributed by atoms with Crippen LogP contribution in [-0.4, -0.2) is 31.7 Å². The quantitative estimate of drug-likeness (QED) is 0.0450. The van der Waals surface area contributed by atoms with Gasteiger partial charge < -0.3 is 16.9 Å². The van der Waals surface area contributed by atoms with Gasteiger partial charge in [-0.05, 0) is 25.7 Å². The monoisotopic (exact) mass is 670 g/mol. The van der Waals surface area contributed by atoms with Crippen LogP contribution in [0, 0.1) is 0 Å². The van der Waals surface area contributed by atoms with Gasteiger partial charge in [0, 0.05) is 0 Å². The number of nitrogens with zero attached hydrogens (tertiary/aromatic N) is 1. The highest BCUT2D eigenvalue weighted by Crippen LogP contribution is 2.17. The lowest BCUT2D eigenvalue weighted by atomic mass is 10.0. The molecule has 0 saturated heterocycles. The maximum Gasteiger partial charge on any atom is 0.0782 e. The van der Waals surface area contributed by atoms with Gasteiger partial charge in [0.05, 0.1) is 27.2 Å². The van der Waals surface area contributed by atoms with Crippen molar-refractivity contribution in [2.45, 2.75) is 258 Å². The third-order valence-corrected chi connectivity index (χ3v) is 10.7. The van der Waals surface area contributed by atoms with Crippen LogP contribution in [0.4, 0.5) is 0 Å². The second-order valence-corrected chi connectivity index (χ2v) is 16.1. The molecule has 0 aliphatic heterocycles. The van der Waals surface area contributed by atoms with E-state index in [1.165, 1.54) is 262 Å². The summed E-state index contributed by atoms with van der Waals surface area (Å²) in [5.41, 5.74) is 0.